The van der Waals surface area contributed by atoms with Crippen LogP contribution in [0.5, 0.6) is 0 Å². The molecule has 2 N–H and O–H groups in total. The summed E-state index contributed by atoms with van der Waals surface area (Å²) in [4.78, 5) is 10.7. The SMILES string of the molecule is O=[N+]([O-])c1cc2c3c(cccc3c1)C1=C2C(O)C(O)C=C1. The highest BCUT2D eigenvalue weighted by molar-refractivity contribution is 6.17. The van der Waals surface area contributed by atoms with Gasteiger partial charge >= 0.3 is 0 Å². The molecule has 0 saturated carbocycles. The van der Waals surface area contributed by atoms with E-state index in [0.29, 0.717) is 11.1 Å². The Morgan fingerprint density at radius 1 is 1.14 bits per heavy atom. The number of rotatable bonds is 1. The predicted molar refractivity (Wildman–Crippen MR) is 78.6 cm³/mol. The number of aliphatic hydroxyl groups is 2. The fourth-order valence-corrected chi connectivity index (χ4v) is 3.21. The first-order valence-electron chi connectivity index (χ1n) is 6.58. The lowest BCUT2D eigenvalue weighted by molar-refractivity contribution is -0.384. The van der Waals surface area contributed by atoms with Crippen molar-refractivity contribution in [2.75, 3.05) is 0 Å². The Labute approximate surface area is 119 Å². The molecule has 5 nitrogen and oxygen atoms in total. The van der Waals surface area contributed by atoms with E-state index in [1.165, 1.54) is 12.1 Å². The maximum atomic E-state index is 11.1. The Morgan fingerprint density at radius 2 is 1.95 bits per heavy atom. The highest BCUT2D eigenvalue weighted by Gasteiger charge is 2.34. The number of non-ortho nitro benzene ring substituents is 1. The summed E-state index contributed by atoms with van der Waals surface area (Å²) < 4.78 is 0. The Kier molecular flexibility index (Phi) is 2.34. The third-order valence-electron chi connectivity index (χ3n) is 4.12. The van der Waals surface area contributed by atoms with Gasteiger partial charge in [-0.3, -0.25) is 10.1 Å². The number of nitro groups is 1. The minimum atomic E-state index is -1.07. The van der Waals surface area contributed by atoms with Gasteiger partial charge in [0.1, 0.15) is 12.2 Å². The summed E-state index contributed by atoms with van der Waals surface area (Å²) in [5.41, 5.74) is 2.96. The van der Waals surface area contributed by atoms with Gasteiger partial charge in [-0.05, 0) is 33.0 Å². The standard InChI is InChI=1S/C16H11NO4/c18-13-5-4-11-10-3-1-2-8-6-9(17(20)21)7-12(14(8)10)15(11)16(13)19/h1-7,13,16,18-19H. The molecule has 0 aliphatic heterocycles. The van der Waals surface area contributed by atoms with E-state index >= 15 is 0 Å². The van der Waals surface area contributed by atoms with E-state index in [1.807, 2.05) is 18.2 Å². The molecule has 0 saturated heterocycles. The smallest absolute Gasteiger partial charge is 0.270 e. The second-order valence-electron chi connectivity index (χ2n) is 5.28. The molecule has 0 bridgehead atoms. The van der Waals surface area contributed by atoms with Crippen molar-refractivity contribution in [3.05, 3.63) is 63.7 Å². The highest BCUT2D eigenvalue weighted by atomic mass is 16.6. The number of nitrogens with zero attached hydrogens (tertiary/aromatic N) is 1. The summed E-state index contributed by atoms with van der Waals surface area (Å²) in [7, 11) is 0. The molecule has 0 aromatic heterocycles. The van der Waals surface area contributed by atoms with E-state index in [-0.39, 0.29) is 5.69 Å². The van der Waals surface area contributed by atoms with Crippen LogP contribution in [0.1, 0.15) is 11.1 Å². The van der Waals surface area contributed by atoms with Gasteiger partial charge in [-0.2, -0.15) is 0 Å². The lowest BCUT2D eigenvalue weighted by Gasteiger charge is -2.22. The van der Waals surface area contributed by atoms with Gasteiger partial charge in [0.05, 0.1) is 4.92 Å². The van der Waals surface area contributed by atoms with E-state index < -0.39 is 17.1 Å². The van der Waals surface area contributed by atoms with Crippen molar-refractivity contribution < 1.29 is 15.1 Å². The van der Waals surface area contributed by atoms with Gasteiger partial charge < -0.3 is 10.2 Å². The van der Waals surface area contributed by atoms with Gasteiger partial charge in [0.15, 0.2) is 0 Å². The normalized spacial score (nSPS) is 22.8. The van der Waals surface area contributed by atoms with Crippen LogP contribution in [0.2, 0.25) is 0 Å². The fourth-order valence-electron chi connectivity index (χ4n) is 3.21. The van der Waals surface area contributed by atoms with Gasteiger partial charge in [-0.1, -0.05) is 30.4 Å². The molecule has 2 atom stereocenters. The van der Waals surface area contributed by atoms with Crippen LogP contribution < -0.4 is 0 Å². The minimum Gasteiger partial charge on any atom is -0.386 e. The number of fused-ring (bicyclic) bond motifs is 2. The van der Waals surface area contributed by atoms with Crippen LogP contribution in [-0.4, -0.2) is 27.3 Å². The van der Waals surface area contributed by atoms with E-state index in [9.17, 15) is 20.3 Å². The molecular weight excluding hydrogens is 270 g/mol. The third-order valence-corrected chi connectivity index (χ3v) is 4.12. The molecule has 2 aromatic carbocycles. The van der Waals surface area contributed by atoms with Crippen LogP contribution >= 0.6 is 0 Å². The van der Waals surface area contributed by atoms with E-state index in [4.69, 9.17) is 0 Å². The number of benzene rings is 2. The van der Waals surface area contributed by atoms with E-state index in [2.05, 4.69) is 0 Å². The van der Waals surface area contributed by atoms with Gasteiger partial charge in [0.2, 0.25) is 0 Å². The largest absolute Gasteiger partial charge is 0.386 e. The molecule has 0 radical (unpaired) electrons. The Hall–Kier alpha value is -2.50. The summed E-state index contributed by atoms with van der Waals surface area (Å²) in [6, 6.07) is 8.60. The molecule has 2 unspecified atom stereocenters. The molecule has 104 valence electrons. The number of nitro benzene ring substituents is 1. The molecule has 0 heterocycles. The number of aliphatic hydroxyl groups excluding tert-OH is 2. The Balaban J connectivity index is 2.11. The van der Waals surface area contributed by atoms with E-state index in [0.717, 1.165) is 21.9 Å². The monoisotopic (exact) mass is 281 g/mol. The lowest BCUT2D eigenvalue weighted by Crippen LogP contribution is -2.27. The van der Waals surface area contributed by atoms with E-state index in [1.54, 1.807) is 12.2 Å². The molecule has 2 aliphatic carbocycles. The van der Waals surface area contributed by atoms with Crippen molar-refractivity contribution >= 4 is 27.6 Å². The molecule has 2 aromatic rings. The van der Waals surface area contributed by atoms with Crippen LogP contribution in [0.3, 0.4) is 0 Å². The summed E-state index contributed by atoms with van der Waals surface area (Å²) in [5.74, 6) is 0. The average molecular weight is 281 g/mol. The molecule has 0 fully saturated rings. The molecule has 5 heteroatoms. The van der Waals surface area contributed by atoms with Crippen molar-refractivity contribution in [3.8, 4) is 0 Å². The van der Waals surface area contributed by atoms with Crippen molar-refractivity contribution in [2.24, 2.45) is 0 Å². The summed E-state index contributed by atoms with van der Waals surface area (Å²) in [5, 5.41) is 32.9. The molecule has 21 heavy (non-hydrogen) atoms. The molecule has 0 amide bonds. The first-order valence-corrected chi connectivity index (χ1v) is 6.58. The molecule has 0 spiro atoms. The van der Waals surface area contributed by atoms with Gasteiger partial charge in [-0.25, -0.2) is 0 Å². The maximum absolute atomic E-state index is 11.1. The first kappa shape index (κ1) is 12.3. The van der Waals surface area contributed by atoms with Gasteiger partial charge in [0, 0.05) is 12.1 Å². The molecule has 4 rings (SSSR count). The molecule has 2 aliphatic rings. The fraction of sp³-hybridized carbons (Fsp3) is 0.125. The Morgan fingerprint density at radius 3 is 2.71 bits per heavy atom. The first-order chi connectivity index (χ1) is 10.1. The zero-order chi connectivity index (χ0) is 14.7. The zero-order valence-electron chi connectivity index (χ0n) is 10.9. The number of hydrogen-bond donors (Lipinski definition) is 2. The van der Waals surface area contributed by atoms with Crippen LogP contribution in [-0.2, 0) is 0 Å². The average Bonchev–Trinajstić information content (AvgIpc) is 2.79. The lowest BCUT2D eigenvalue weighted by atomic mass is 9.91. The number of allylic oxidation sites excluding steroid dienone is 2. The van der Waals surface area contributed by atoms with Crippen LogP contribution in [0.4, 0.5) is 5.69 Å². The van der Waals surface area contributed by atoms with Crippen molar-refractivity contribution in [2.45, 2.75) is 12.2 Å². The predicted octanol–water partition coefficient (Wildman–Crippen LogP) is 2.26. The molecular formula is C16H11NO4. The zero-order valence-corrected chi connectivity index (χ0v) is 10.9. The highest BCUT2D eigenvalue weighted by Crippen LogP contribution is 2.47. The third kappa shape index (κ3) is 1.53. The minimum absolute atomic E-state index is 0.0142. The van der Waals surface area contributed by atoms with Crippen molar-refractivity contribution in [1.82, 2.24) is 0 Å². The van der Waals surface area contributed by atoms with Crippen molar-refractivity contribution in [3.63, 3.8) is 0 Å². The van der Waals surface area contributed by atoms with Crippen LogP contribution in [0.15, 0.2) is 42.5 Å². The summed E-state index contributed by atoms with van der Waals surface area (Å²) in [6.45, 7) is 0. The van der Waals surface area contributed by atoms with Crippen LogP contribution in [0.25, 0.3) is 21.9 Å². The summed E-state index contributed by atoms with van der Waals surface area (Å²) in [6.07, 6.45) is 1.26. The topological polar surface area (TPSA) is 83.6 Å². The van der Waals surface area contributed by atoms with Gasteiger partial charge in [-0.15, -0.1) is 0 Å². The van der Waals surface area contributed by atoms with Gasteiger partial charge in [0.25, 0.3) is 5.69 Å². The van der Waals surface area contributed by atoms with Crippen LogP contribution in [0, 0.1) is 10.1 Å². The van der Waals surface area contributed by atoms with Crippen molar-refractivity contribution in [1.29, 1.82) is 0 Å². The second-order valence-corrected chi connectivity index (χ2v) is 5.28. The summed E-state index contributed by atoms with van der Waals surface area (Å²) >= 11 is 0. The second kappa shape index (κ2) is 4.00. The Bertz CT molecular complexity index is 866. The quantitative estimate of drug-likeness (QED) is 0.620. The number of hydrogen-bond acceptors (Lipinski definition) is 4. The maximum Gasteiger partial charge on any atom is 0.270 e.